The molecule has 0 saturated carbocycles. The van der Waals surface area contributed by atoms with E-state index in [-0.39, 0.29) is 50.4 Å². The number of aromatic carboxylic acids is 2. The van der Waals surface area contributed by atoms with Crippen LogP contribution in [0.1, 0.15) is 63.8 Å². The van der Waals surface area contributed by atoms with E-state index in [1.54, 1.807) is 36.4 Å². The number of hydrazine groups is 1. The zero-order chi connectivity index (χ0) is 40.0. The first-order valence-electron chi connectivity index (χ1n) is 13.8. The maximum Gasteiger partial charge on any atom is 0.347 e. The monoisotopic (exact) mass is 783 g/mol. The van der Waals surface area contributed by atoms with E-state index in [1.807, 2.05) is 5.43 Å². The zero-order valence-corrected chi connectivity index (χ0v) is 29.6. The predicted octanol–water partition coefficient (Wildman–Crippen LogP) is 2.81. The number of nitrogens with two attached hydrogens (primary N) is 3. The third kappa shape index (κ3) is 15.3. The fourth-order valence-electron chi connectivity index (χ4n) is 3.67. The number of carbonyl (C=O) groups excluding carboxylic acids is 3. The van der Waals surface area contributed by atoms with Crippen LogP contribution in [-0.4, -0.2) is 81.7 Å². The average Bonchev–Trinajstić information content (AvgIpc) is 3.70. The van der Waals surface area contributed by atoms with Crippen molar-refractivity contribution in [3.63, 3.8) is 0 Å². The third-order valence-corrected chi connectivity index (χ3v) is 6.24. The lowest BCUT2D eigenvalue weighted by Crippen LogP contribution is -2.34. The number of Topliss-reactive ketones (excluding diaryl/α,β-unsaturated/α-hetero) is 1. The maximum absolute atomic E-state index is 12.5. The Labute approximate surface area is 310 Å². The van der Waals surface area contributed by atoms with Gasteiger partial charge in [0.2, 0.25) is 0 Å². The lowest BCUT2D eigenvalue weighted by molar-refractivity contribution is 0.0442. The molecule has 21 heteroatoms. The molecule has 0 amide bonds. The van der Waals surface area contributed by atoms with Crippen molar-refractivity contribution in [2.24, 2.45) is 22.4 Å². The van der Waals surface area contributed by atoms with Crippen LogP contribution in [0.4, 0.5) is 13.2 Å². The number of halogens is 3. The molecule has 3 aromatic carbocycles. The van der Waals surface area contributed by atoms with Crippen LogP contribution in [-0.2, 0) is 4.74 Å². The first kappa shape index (κ1) is 46.1. The molecule has 0 atom stereocenters. The van der Waals surface area contributed by atoms with Gasteiger partial charge in [-0.05, 0) is 54.8 Å². The summed E-state index contributed by atoms with van der Waals surface area (Å²) in [7, 11) is 1.00. The highest BCUT2D eigenvalue weighted by molar-refractivity contribution is 7.80. The Balaban J connectivity index is 0.000000677. The van der Waals surface area contributed by atoms with Crippen molar-refractivity contribution in [3.05, 3.63) is 106 Å². The van der Waals surface area contributed by atoms with Gasteiger partial charge in [0.25, 0.3) is 0 Å². The molecule has 0 bridgehead atoms. The molecular weight excluding hydrogens is 752 g/mol. The number of carbonyl (C=O) groups is 5. The Bertz CT molecular complexity index is 1830. The van der Waals surface area contributed by atoms with Crippen LogP contribution < -0.4 is 33.5 Å². The number of hydrogen-bond donors (Lipinski definition) is 8. The van der Waals surface area contributed by atoms with E-state index in [2.05, 4.69) is 50.9 Å². The molecule has 3 aromatic rings. The normalized spacial score (nSPS) is 11.3. The molecule has 0 fully saturated rings. The van der Waals surface area contributed by atoms with Crippen molar-refractivity contribution >= 4 is 87.2 Å². The fourth-order valence-corrected chi connectivity index (χ4v) is 3.93. The van der Waals surface area contributed by atoms with E-state index in [1.165, 1.54) is 18.2 Å². The molecule has 5 rings (SSSR count). The van der Waals surface area contributed by atoms with Crippen LogP contribution in [0.2, 0.25) is 0 Å². The van der Waals surface area contributed by atoms with Gasteiger partial charge in [0.05, 0.1) is 48.9 Å². The van der Waals surface area contributed by atoms with Crippen LogP contribution in [0.15, 0.2) is 71.8 Å². The van der Waals surface area contributed by atoms with Gasteiger partial charge in [0.1, 0.15) is 10.8 Å². The van der Waals surface area contributed by atoms with E-state index in [0.717, 1.165) is 12.1 Å². The van der Waals surface area contributed by atoms with Crippen molar-refractivity contribution in [2.75, 3.05) is 20.9 Å². The summed E-state index contributed by atoms with van der Waals surface area (Å²) in [4.78, 5) is 55.7. The van der Waals surface area contributed by atoms with Crippen molar-refractivity contribution in [2.45, 2.75) is 6.42 Å². The van der Waals surface area contributed by atoms with Gasteiger partial charge >= 0.3 is 23.9 Å². The number of rotatable bonds is 6. The number of carboxylic acids is 2. The highest BCUT2D eigenvalue weighted by Gasteiger charge is 2.29. The summed E-state index contributed by atoms with van der Waals surface area (Å²) in [6.45, 7) is -0.111. The standard InChI is InChI=1S/C10H10N2O3S.C10H8N2O2S.C8H3FO3.2CH3F.CH5N3S/c11-10(16)12-5-8(13)6-3-1-2-4-7(6)9(14)15;13-10(14)7-4-2-1-3-6(7)8-5-9(15)12-11-8;9-4-1-2-5-6(3-4)8(11)12-7(5)10;2*1-2;2-1(5)4-3/h1-4H,5H2,(H,14,15)(H3,11,12,16);1-4H,5H2,(H,12,15)(H,13,14);1-3H;2*1H3;3H2,(H3,2,4,5). The number of carboxylic acid groups (broad SMARTS) is 2. The minimum Gasteiger partial charge on any atom is -0.478 e. The van der Waals surface area contributed by atoms with Gasteiger partial charge in [0.15, 0.2) is 16.0 Å². The van der Waals surface area contributed by atoms with E-state index in [9.17, 15) is 37.1 Å². The summed E-state index contributed by atoms with van der Waals surface area (Å²) < 4.78 is 35.8. The lowest BCUT2D eigenvalue weighted by atomic mass is 10.0. The minimum absolute atomic E-state index is 0.000000000000000444. The number of hydrogen-bond acceptors (Lipinski definition) is 11. The van der Waals surface area contributed by atoms with Gasteiger partial charge in [0, 0.05) is 17.5 Å². The molecule has 2 aliphatic heterocycles. The van der Waals surface area contributed by atoms with Gasteiger partial charge in [-0.3, -0.25) is 19.0 Å². The quantitative estimate of drug-likeness (QED) is 0.0446. The molecule has 0 radical (unpaired) electrons. The largest absolute Gasteiger partial charge is 0.478 e. The molecular formula is C31H32F3N7O8S3. The van der Waals surface area contributed by atoms with Crippen molar-refractivity contribution in [1.82, 2.24) is 16.2 Å². The number of esters is 2. The Kier molecular flexibility index (Phi) is 21.5. The number of nitrogens with zero attached hydrogens (tertiary/aromatic N) is 1. The van der Waals surface area contributed by atoms with Crippen molar-refractivity contribution in [3.8, 4) is 0 Å². The van der Waals surface area contributed by atoms with Gasteiger partial charge in [-0.25, -0.2) is 29.4 Å². The molecule has 52 heavy (non-hydrogen) atoms. The molecule has 2 heterocycles. The minimum atomic E-state index is -1.14. The maximum atomic E-state index is 12.5. The van der Waals surface area contributed by atoms with E-state index in [4.69, 9.17) is 33.9 Å². The molecule has 2 aliphatic rings. The number of fused-ring (bicyclic) bond motifs is 1. The van der Waals surface area contributed by atoms with E-state index in [0.29, 0.717) is 37.0 Å². The highest BCUT2D eigenvalue weighted by atomic mass is 32.1. The fraction of sp³-hybridized carbons (Fsp3) is 0.129. The van der Waals surface area contributed by atoms with E-state index < -0.39 is 29.7 Å². The van der Waals surface area contributed by atoms with Crippen LogP contribution in [0, 0.1) is 5.82 Å². The molecule has 0 unspecified atom stereocenters. The topological polar surface area (TPSA) is 262 Å². The summed E-state index contributed by atoms with van der Waals surface area (Å²) in [6.07, 6.45) is 0.500. The predicted molar refractivity (Wildman–Crippen MR) is 197 cm³/mol. The smallest absolute Gasteiger partial charge is 0.347 e. The lowest BCUT2D eigenvalue weighted by Gasteiger charge is -2.05. The molecule has 15 nitrogen and oxygen atoms in total. The van der Waals surface area contributed by atoms with Gasteiger partial charge in [-0.15, -0.1) is 0 Å². The molecule has 0 spiro atoms. The summed E-state index contributed by atoms with van der Waals surface area (Å²) in [5, 5.41) is 24.4. The first-order chi connectivity index (χ1) is 24.7. The highest BCUT2D eigenvalue weighted by Crippen LogP contribution is 2.20. The Morgan fingerprint density at radius 3 is 1.81 bits per heavy atom. The summed E-state index contributed by atoms with van der Waals surface area (Å²) in [6, 6.07) is 16.1. The number of nitrogens with one attached hydrogen (secondary N) is 3. The van der Waals surface area contributed by atoms with Gasteiger partial charge < -0.3 is 37.2 Å². The zero-order valence-electron chi connectivity index (χ0n) is 27.1. The molecule has 11 N–H and O–H groups in total. The number of benzene rings is 3. The van der Waals surface area contributed by atoms with Crippen molar-refractivity contribution in [1.29, 1.82) is 0 Å². The number of ether oxygens (including phenoxy) is 1. The number of hydrazone groups is 1. The Hall–Kier alpha value is -5.90. The Morgan fingerprint density at radius 1 is 0.827 bits per heavy atom. The van der Waals surface area contributed by atoms with Crippen LogP contribution in [0.5, 0.6) is 0 Å². The number of thiocarbonyl (C=S) groups is 3. The summed E-state index contributed by atoms with van der Waals surface area (Å²) in [5.74, 6) is 0.142. The van der Waals surface area contributed by atoms with Crippen molar-refractivity contribution < 1.29 is 52.1 Å². The second-order valence-electron chi connectivity index (χ2n) is 8.99. The molecule has 0 aliphatic carbocycles. The molecule has 0 saturated heterocycles. The van der Waals surface area contributed by atoms with Crippen LogP contribution in [0.3, 0.4) is 0 Å². The SMILES string of the molecule is CF.CF.NC(=S)NCC(=O)c1ccccc1C(=O)O.NNC(N)=S.O=C(O)c1ccccc1C1=NNC(=S)C1.O=C1OC(=O)c2cc(F)ccc21. The second kappa shape index (κ2) is 24.3. The third-order valence-electron chi connectivity index (χ3n) is 5.74. The summed E-state index contributed by atoms with van der Waals surface area (Å²) in [5.41, 5.74) is 16.4. The summed E-state index contributed by atoms with van der Waals surface area (Å²) >= 11 is 13.7. The first-order valence-corrected chi connectivity index (χ1v) is 15.0. The molecule has 278 valence electrons. The number of ketones is 1. The molecule has 0 aromatic heterocycles. The van der Waals surface area contributed by atoms with Crippen LogP contribution >= 0.6 is 36.7 Å². The van der Waals surface area contributed by atoms with Gasteiger partial charge in [-0.2, -0.15) is 5.10 Å². The average molecular weight is 784 g/mol. The number of alkyl halides is 2. The van der Waals surface area contributed by atoms with Gasteiger partial charge in [-0.1, -0.05) is 48.6 Å². The second-order valence-corrected chi connectivity index (χ2v) is 10.4. The van der Waals surface area contributed by atoms with E-state index >= 15 is 0 Å². The number of cyclic esters (lactones) is 2. The van der Waals surface area contributed by atoms with Crippen LogP contribution in [0.25, 0.3) is 0 Å². The Morgan fingerprint density at radius 2 is 1.33 bits per heavy atom.